The van der Waals surface area contributed by atoms with Crippen LogP contribution in [0.4, 0.5) is 0 Å². The average molecular weight is 263 g/mol. The standard InChI is InChI=1S/C16H25NO2/c1-5-12-7-9-13(10-8-12)14(17)11-16(3,4)15(18)19-6-2/h7-10,14H,5-6,11,17H2,1-4H3. The molecule has 1 aromatic carbocycles. The molecule has 0 heterocycles. The van der Waals surface area contributed by atoms with Crippen molar-refractivity contribution in [3.8, 4) is 0 Å². The summed E-state index contributed by atoms with van der Waals surface area (Å²) in [4.78, 5) is 11.9. The summed E-state index contributed by atoms with van der Waals surface area (Å²) < 4.78 is 5.09. The van der Waals surface area contributed by atoms with Crippen molar-refractivity contribution in [2.45, 2.75) is 46.6 Å². The van der Waals surface area contributed by atoms with Gasteiger partial charge >= 0.3 is 5.97 Å². The number of hydrogen-bond acceptors (Lipinski definition) is 3. The molecule has 1 atom stereocenters. The summed E-state index contributed by atoms with van der Waals surface area (Å²) in [5, 5.41) is 0. The predicted octanol–water partition coefficient (Wildman–Crippen LogP) is 3.23. The lowest BCUT2D eigenvalue weighted by atomic mass is 9.83. The number of benzene rings is 1. The fourth-order valence-electron chi connectivity index (χ4n) is 2.08. The van der Waals surface area contributed by atoms with Crippen molar-refractivity contribution in [3.05, 3.63) is 35.4 Å². The number of esters is 1. The Morgan fingerprint density at radius 1 is 1.26 bits per heavy atom. The van der Waals surface area contributed by atoms with Crippen LogP contribution >= 0.6 is 0 Å². The van der Waals surface area contributed by atoms with Crippen molar-refractivity contribution < 1.29 is 9.53 Å². The lowest BCUT2D eigenvalue weighted by molar-refractivity contribution is -0.154. The van der Waals surface area contributed by atoms with E-state index in [1.807, 2.05) is 32.9 Å². The molecule has 2 N–H and O–H groups in total. The summed E-state index contributed by atoms with van der Waals surface area (Å²) in [6.07, 6.45) is 1.60. The molecule has 0 saturated carbocycles. The molecule has 0 aromatic heterocycles. The minimum Gasteiger partial charge on any atom is -0.466 e. The molecule has 1 unspecified atom stereocenters. The molecule has 1 rings (SSSR count). The predicted molar refractivity (Wildman–Crippen MR) is 77.8 cm³/mol. The molecule has 1 aromatic rings. The van der Waals surface area contributed by atoms with Crippen LogP contribution in [0, 0.1) is 5.41 Å². The first kappa shape index (κ1) is 15.7. The Balaban J connectivity index is 2.72. The highest BCUT2D eigenvalue weighted by Crippen LogP contribution is 2.30. The van der Waals surface area contributed by atoms with E-state index < -0.39 is 5.41 Å². The van der Waals surface area contributed by atoms with E-state index in [4.69, 9.17) is 10.5 Å². The van der Waals surface area contributed by atoms with Gasteiger partial charge < -0.3 is 10.5 Å². The Kier molecular flexibility index (Phi) is 5.55. The molecule has 0 saturated heterocycles. The number of hydrogen-bond donors (Lipinski definition) is 1. The van der Waals surface area contributed by atoms with Gasteiger partial charge in [-0.15, -0.1) is 0 Å². The molecule has 0 aliphatic carbocycles. The lowest BCUT2D eigenvalue weighted by Gasteiger charge is -2.26. The van der Waals surface area contributed by atoms with E-state index in [0.29, 0.717) is 13.0 Å². The van der Waals surface area contributed by atoms with Crippen LogP contribution < -0.4 is 5.73 Å². The summed E-state index contributed by atoms with van der Waals surface area (Å²) in [6.45, 7) is 8.11. The fraction of sp³-hybridized carbons (Fsp3) is 0.562. The molecule has 0 spiro atoms. The third-order valence-electron chi connectivity index (χ3n) is 3.37. The molecule has 3 heteroatoms. The molecule has 3 nitrogen and oxygen atoms in total. The van der Waals surface area contributed by atoms with Crippen LogP contribution in [0.3, 0.4) is 0 Å². The zero-order valence-corrected chi connectivity index (χ0v) is 12.4. The smallest absolute Gasteiger partial charge is 0.311 e. The summed E-state index contributed by atoms with van der Waals surface area (Å²) in [6, 6.07) is 8.12. The van der Waals surface area contributed by atoms with Gasteiger partial charge in [0.05, 0.1) is 12.0 Å². The van der Waals surface area contributed by atoms with E-state index in [0.717, 1.165) is 12.0 Å². The van der Waals surface area contributed by atoms with Crippen molar-refractivity contribution in [2.24, 2.45) is 11.1 Å². The Hall–Kier alpha value is -1.35. The van der Waals surface area contributed by atoms with E-state index in [2.05, 4.69) is 19.1 Å². The van der Waals surface area contributed by atoms with Crippen LogP contribution in [-0.4, -0.2) is 12.6 Å². The third kappa shape index (κ3) is 4.35. The summed E-state index contributed by atoms with van der Waals surface area (Å²) >= 11 is 0. The highest BCUT2D eigenvalue weighted by molar-refractivity contribution is 5.75. The summed E-state index contributed by atoms with van der Waals surface area (Å²) in [7, 11) is 0. The molecule has 0 amide bonds. The Labute approximate surface area is 116 Å². The van der Waals surface area contributed by atoms with Gasteiger partial charge in [0.25, 0.3) is 0 Å². The van der Waals surface area contributed by atoms with Gasteiger partial charge in [-0.3, -0.25) is 4.79 Å². The zero-order chi connectivity index (χ0) is 14.5. The molecule has 0 aliphatic rings. The van der Waals surface area contributed by atoms with Crippen LogP contribution in [0.5, 0.6) is 0 Å². The monoisotopic (exact) mass is 263 g/mol. The Morgan fingerprint density at radius 2 is 1.84 bits per heavy atom. The van der Waals surface area contributed by atoms with Gasteiger partial charge in [-0.25, -0.2) is 0 Å². The molecular weight excluding hydrogens is 238 g/mol. The molecule has 0 bridgehead atoms. The van der Waals surface area contributed by atoms with Gasteiger partial charge in [-0.1, -0.05) is 31.2 Å². The normalized spacial score (nSPS) is 13.1. The topological polar surface area (TPSA) is 52.3 Å². The van der Waals surface area contributed by atoms with E-state index in [1.54, 1.807) is 0 Å². The first-order valence-corrected chi connectivity index (χ1v) is 6.92. The second-order valence-corrected chi connectivity index (χ2v) is 5.51. The highest BCUT2D eigenvalue weighted by Gasteiger charge is 2.31. The number of rotatable bonds is 6. The van der Waals surface area contributed by atoms with Gasteiger partial charge in [-0.2, -0.15) is 0 Å². The van der Waals surface area contributed by atoms with Crippen LogP contribution in [0.2, 0.25) is 0 Å². The summed E-state index contributed by atoms with van der Waals surface area (Å²) in [5.41, 5.74) is 8.00. The largest absolute Gasteiger partial charge is 0.466 e. The third-order valence-corrected chi connectivity index (χ3v) is 3.37. The molecule has 0 aliphatic heterocycles. The molecule has 106 valence electrons. The number of carbonyl (C=O) groups excluding carboxylic acids is 1. The van der Waals surface area contributed by atoms with Crippen LogP contribution in [0.1, 0.15) is 51.3 Å². The van der Waals surface area contributed by atoms with E-state index in [1.165, 1.54) is 5.56 Å². The number of aryl methyl sites for hydroxylation is 1. The SMILES string of the molecule is CCOC(=O)C(C)(C)CC(N)c1ccc(CC)cc1. The first-order valence-electron chi connectivity index (χ1n) is 6.92. The molecular formula is C16H25NO2. The Bertz CT molecular complexity index is 409. The number of ether oxygens (including phenoxy) is 1. The fourth-order valence-corrected chi connectivity index (χ4v) is 2.08. The average Bonchev–Trinajstić information content (AvgIpc) is 2.38. The van der Waals surface area contributed by atoms with Crippen molar-refractivity contribution in [1.29, 1.82) is 0 Å². The quantitative estimate of drug-likeness (QED) is 0.802. The van der Waals surface area contributed by atoms with Crippen molar-refractivity contribution >= 4 is 5.97 Å². The van der Waals surface area contributed by atoms with E-state index in [9.17, 15) is 4.79 Å². The molecule has 0 fully saturated rings. The minimum absolute atomic E-state index is 0.148. The maximum Gasteiger partial charge on any atom is 0.311 e. The Morgan fingerprint density at radius 3 is 2.32 bits per heavy atom. The minimum atomic E-state index is -0.557. The second kappa shape index (κ2) is 6.71. The number of carbonyl (C=O) groups is 1. The summed E-state index contributed by atoms with van der Waals surface area (Å²) in [5.74, 6) is -0.185. The van der Waals surface area contributed by atoms with Crippen molar-refractivity contribution in [2.75, 3.05) is 6.61 Å². The molecule has 0 radical (unpaired) electrons. The molecule has 19 heavy (non-hydrogen) atoms. The van der Waals surface area contributed by atoms with Crippen molar-refractivity contribution in [1.82, 2.24) is 0 Å². The zero-order valence-electron chi connectivity index (χ0n) is 12.4. The van der Waals surface area contributed by atoms with Gasteiger partial charge in [0.2, 0.25) is 0 Å². The van der Waals surface area contributed by atoms with Crippen LogP contribution in [0.15, 0.2) is 24.3 Å². The van der Waals surface area contributed by atoms with E-state index >= 15 is 0 Å². The van der Waals surface area contributed by atoms with Crippen LogP contribution in [-0.2, 0) is 16.0 Å². The maximum atomic E-state index is 11.9. The van der Waals surface area contributed by atoms with Gasteiger partial charge in [0.15, 0.2) is 0 Å². The lowest BCUT2D eigenvalue weighted by Crippen LogP contribution is -2.31. The van der Waals surface area contributed by atoms with Crippen LogP contribution in [0.25, 0.3) is 0 Å². The number of nitrogens with two attached hydrogens (primary N) is 1. The van der Waals surface area contributed by atoms with Crippen molar-refractivity contribution in [3.63, 3.8) is 0 Å². The van der Waals surface area contributed by atoms with Gasteiger partial charge in [0.1, 0.15) is 0 Å². The van der Waals surface area contributed by atoms with Gasteiger partial charge in [-0.05, 0) is 44.7 Å². The first-order chi connectivity index (χ1) is 8.90. The maximum absolute atomic E-state index is 11.9. The van der Waals surface area contributed by atoms with Gasteiger partial charge in [0, 0.05) is 6.04 Å². The second-order valence-electron chi connectivity index (χ2n) is 5.51. The highest BCUT2D eigenvalue weighted by atomic mass is 16.5. The van der Waals surface area contributed by atoms with E-state index in [-0.39, 0.29) is 12.0 Å².